The lowest BCUT2D eigenvalue weighted by Gasteiger charge is -2.22. The standard InChI is InChI=1S/C23H19F3N2O3/c1-15-13-27(21(29)23(24,25)26)12-11-18-17-9-5-6-10-19(17)28(20(15)18)22(30)31-14-16-7-3-2-4-8-16/h2-10H,1,11-14H2. The van der Waals surface area contributed by atoms with Crippen LogP contribution in [0.2, 0.25) is 0 Å². The lowest BCUT2D eigenvalue weighted by Crippen LogP contribution is -2.42. The van der Waals surface area contributed by atoms with Crippen molar-refractivity contribution in [2.45, 2.75) is 19.2 Å². The third-order valence-corrected chi connectivity index (χ3v) is 5.25. The van der Waals surface area contributed by atoms with E-state index in [0.717, 1.165) is 15.8 Å². The van der Waals surface area contributed by atoms with Gasteiger partial charge < -0.3 is 9.64 Å². The van der Waals surface area contributed by atoms with E-state index in [1.54, 1.807) is 24.3 Å². The van der Waals surface area contributed by atoms with Gasteiger partial charge in [0, 0.05) is 18.5 Å². The summed E-state index contributed by atoms with van der Waals surface area (Å²) in [5.74, 6) is -1.92. The third-order valence-electron chi connectivity index (χ3n) is 5.25. The molecule has 0 saturated carbocycles. The maximum atomic E-state index is 13.0. The molecular weight excluding hydrogens is 409 g/mol. The summed E-state index contributed by atoms with van der Waals surface area (Å²) < 4.78 is 45.7. The quantitative estimate of drug-likeness (QED) is 0.590. The molecule has 2 aromatic carbocycles. The number of carbonyl (C=O) groups is 2. The minimum Gasteiger partial charge on any atom is -0.444 e. The first kappa shape index (κ1) is 20.7. The number of fused-ring (bicyclic) bond motifs is 3. The molecule has 31 heavy (non-hydrogen) atoms. The molecule has 1 aromatic heterocycles. The topological polar surface area (TPSA) is 51.5 Å². The van der Waals surface area contributed by atoms with Crippen LogP contribution in [0, 0.1) is 0 Å². The fourth-order valence-corrected chi connectivity index (χ4v) is 3.89. The fraction of sp³-hybridized carbons (Fsp3) is 0.217. The van der Waals surface area contributed by atoms with Crippen molar-refractivity contribution >= 4 is 28.5 Å². The van der Waals surface area contributed by atoms with E-state index in [2.05, 4.69) is 6.58 Å². The molecular formula is C23H19F3N2O3. The first-order valence-electron chi connectivity index (χ1n) is 9.65. The van der Waals surface area contributed by atoms with Gasteiger partial charge in [-0.05, 0) is 29.2 Å². The highest BCUT2D eigenvalue weighted by atomic mass is 19.4. The van der Waals surface area contributed by atoms with Crippen LogP contribution in [-0.4, -0.2) is 40.7 Å². The number of amides is 1. The average molecular weight is 428 g/mol. The minimum atomic E-state index is -4.97. The number of ether oxygens (including phenoxy) is 1. The van der Waals surface area contributed by atoms with Crippen LogP contribution in [0.15, 0.2) is 61.2 Å². The Kier molecular flexibility index (Phi) is 5.31. The molecule has 3 aromatic rings. The van der Waals surface area contributed by atoms with Crippen molar-refractivity contribution in [2.75, 3.05) is 13.1 Å². The maximum Gasteiger partial charge on any atom is 0.471 e. The van der Waals surface area contributed by atoms with E-state index in [4.69, 9.17) is 4.74 Å². The molecule has 0 radical (unpaired) electrons. The molecule has 8 heteroatoms. The molecule has 0 bridgehead atoms. The molecule has 5 nitrogen and oxygen atoms in total. The fourth-order valence-electron chi connectivity index (χ4n) is 3.89. The summed E-state index contributed by atoms with van der Waals surface area (Å²) in [6, 6.07) is 16.2. The number of benzene rings is 2. The Morgan fingerprint density at radius 3 is 2.42 bits per heavy atom. The zero-order chi connectivity index (χ0) is 22.2. The van der Waals surface area contributed by atoms with Gasteiger partial charge >= 0.3 is 18.2 Å². The maximum absolute atomic E-state index is 13.0. The van der Waals surface area contributed by atoms with E-state index in [-0.39, 0.29) is 31.7 Å². The van der Waals surface area contributed by atoms with Crippen LogP contribution in [0.1, 0.15) is 16.8 Å². The van der Waals surface area contributed by atoms with Crippen molar-refractivity contribution in [1.29, 1.82) is 0 Å². The van der Waals surface area contributed by atoms with Crippen molar-refractivity contribution in [2.24, 2.45) is 0 Å². The predicted molar refractivity (Wildman–Crippen MR) is 109 cm³/mol. The zero-order valence-electron chi connectivity index (χ0n) is 16.5. The number of hydrogen-bond acceptors (Lipinski definition) is 3. The van der Waals surface area contributed by atoms with Crippen LogP contribution in [-0.2, 0) is 22.6 Å². The van der Waals surface area contributed by atoms with Gasteiger partial charge in [-0.25, -0.2) is 9.36 Å². The number of hydrogen-bond donors (Lipinski definition) is 0. The number of para-hydroxylation sites is 1. The van der Waals surface area contributed by atoms with Crippen molar-refractivity contribution in [1.82, 2.24) is 9.47 Å². The second kappa shape index (κ2) is 7.94. The van der Waals surface area contributed by atoms with Gasteiger partial charge in [0.15, 0.2) is 0 Å². The molecule has 4 rings (SSSR count). The minimum absolute atomic E-state index is 0.0477. The molecule has 0 aliphatic carbocycles. The number of aromatic nitrogens is 1. The van der Waals surface area contributed by atoms with Gasteiger partial charge in [0.25, 0.3) is 0 Å². The number of carbonyl (C=O) groups excluding carboxylic acids is 2. The van der Waals surface area contributed by atoms with Crippen LogP contribution >= 0.6 is 0 Å². The highest BCUT2D eigenvalue weighted by molar-refractivity contribution is 5.98. The van der Waals surface area contributed by atoms with E-state index in [1.165, 1.54) is 4.57 Å². The second-order valence-electron chi connectivity index (χ2n) is 7.30. The van der Waals surface area contributed by atoms with E-state index in [9.17, 15) is 22.8 Å². The molecule has 2 heterocycles. The van der Waals surface area contributed by atoms with Gasteiger partial charge in [-0.15, -0.1) is 0 Å². The van der Waals surface area contributed by atoms with Gasteiger partial charge in [0.05, 0.1) is 11.2 Å². The monoisotopic (exact) mass is 428 g/mol. The van der Waals surface area contributed by atoms with Crippen LogP contribution in [0.25, 0.3) is 16.5 Å². The first-order chi connectivity index (χ1) is 14.8. The Labute approximate surface area is 176 Å². The van der Waals surface area contributed by atoms with Crippen LogP contribution in [0.5, 0.6) is 0 Å². The lowest BCUT2D eigenvalue weighted by atomic mass is 10.1. The summed E-state index contributed by atoms with van der Waals surface area (Å²) in [5.41, 5.74) is 2.71. The van der Waals surface area contributed by atoms with Gasteiger partial charge in [-0.2, -0.15) is 13.2 Å². The first-order valence-corrected chi connectivity index (χ1v) is 9.65. The molecule has 1 amide bonds. The predicted octanol–water partition coefficient (Wildman–Crippen LogP) is 4.79. The molecule has 0 fully saturated rings. The van der Waals surface area contributed by atoms with Gasteiger partial charge in [0.1, 0.15) is 6.61 Å². The summed E-state index contributed by atoms with van der Waals surface area (Å²) >= 11 is 0. The second-order valence-corrected chi connectivity index (χ2v) is 7.30. The molecule has 0 N–H and O–H groups in total. The summed E-state index contributed by atoms with van der Waals surface area (Å²) in [6.45, 7) is 3.49. The van der Waals surface area contributed by atoms with Crippen molar-refractivity contribution < 1.29 is 27.5 Å². The highest BCUT2D eigenvalue weighted by Gasteiger charge is 2.43. The average Bonchev–Trinajstić information content (AvgIpc) is 2.99. The molecule has 0 saturated heterocycles. The molecule has 0 spiro atoms. The lowest BCUT2D eigenvalue weighted by molar-refractivity contribution is -0.184. The van der Waals surface area contributed by atoms with Crippen LogP contribution < -0.4 is 0 Å². The summed E-state index contributed by atoms with van der Waals surface area (Å²) in [6.07, 6.45) is -5.46. The summed E-state index contributed by atoms with van der Waals surface area (Å²) in [5, 5.41) is 0.719. The largest absolute Gasteiger partial charge is 0.471 e. The number of alkyl halides is 3. The number of halogens is 3. The number of rotatable bonds is 2. The van der Waals surface area contributed by atoms with E-state index >= 15 is 0 Å². The third kappa shape index (κ3) is 3.93. The molecule has 0 atom stereocenters. The Morgan fingerprint density at radius 1 is 1.03 bits per heavy atom. The Bertz CT molecular complexity index is 1170. The molecule has 0 unspecified atom stereocenters. The smallest absolute Gasteiger partial charge is 0.444 e. The van der Waals surface area contributed by atoms with Gasteiger partial charge in [-0.3, -0.25) is 4.79 Å². The van der Waals surface area contributed by atoms with Crippen molar-refractivity contribution in [3.63, 3.8) is 0 Å². The van der Waals surface area contributed by atoms with Crippen LogP contribution in [0.4, 0.5) is 18.0 Å². The normalized spacial score (nSPS) is 14.3. The van der Waals surface area contributed by atoms with E-state index < -0.39 is 18.2 Å². The SMILES string of the molecule is C=C1CN(C(=O)C(F)(F)F)CCc2c1n(C(=O)OCc1ccccc1)c1ccccc21. The molecule has 1 aliphatic rings. The van der Waals surface area contributed by atoms with Gasteiger partial charge in [0.2, 0.25) is 0 Å². The Morgan fingerprint density at radius 2 is 1.71 bits per heavy atom. The Hall–Kier alpha value is -3.55. The van der Waals surface area contributed by atoms with Crippen molar-refractivity contribution in [3.05, 3.63) is 78.0 Å². The van der Waals surface area contributed by atoms with Crippen LogP contribution in [0.3, 0.4) is 0 Å². The summed E-state index contributed by atoms with van der Waals surface area (Å²) in [4.78, 5) is 25.5. The van der Waals surface area contributed by atoms with Crippen molar-refractivity contribution in [3.8, 4) is 0 Å². The number of nitrogens with zero attached hydrogens (tertiary/aromatic N) is 2. The summed E-state index contributed by atoms with van der Waals surface area (Å²) in [7, 11) is 0. The highest BCUT2D eigenvalue weighted by Crippen LogP contribution is 2.34. The van der Waals surface area contributed by atoms with E-state index in [1.807, 2.05) is 30.3 Å². The molecule has 1 aliphatic heterocycles. The zero-order valence-corrected chi connectivity index (χ0v) is 16.5. The molecule has 160 valence electrons. The van der Waals surface area contributed by atoms with E-state index in [0.29, 0.717) is 16.8 Å². The van der Waals surface area contributed by atoms with Gasteiger partial charge in [-0.1, -0.05) is 55.1 Å². The Balaban J connectivity index is 1.71.